The summed E-state index contributed by atoms with van der Waals surface area (Å²) in [7, 11) is -3.70. The van der Waals surface area contributed by atoms with Crippen molar-refractivity contribution < 1.29 is 27.1 Å². The molecule has 100 valence electrons. The summed E-state index contributed by atoms with van der Waals surface area (Å²) >= 11 is 0. The van der Waals surface area contributed by atoms with Crippen molar-refractivity contribution in [2.75, 3.05) is 11.5 Å². The standard InChI is InChI=1S/C10H16F2O4S/c1-2-3-4-9(8(13)14)7-17(15,16)6-5-10(9,11)12/h2-7H2,1H3,(H,13,14). The Balaban J connectivity index is 3.17. The van der Waals surface area contributed by atoms with E-state index in [0.29, 0.717) is 6.42 Å². The molecule has 0 aromatic carbocycles. The topological polar surface area (TPSA) is 71.4 Å². The summed E-state index contributed by atoms with van der Waals surface area (Å²) in [5.41, 5.74) is -2.44. The second kappa shape index (κ2) is 4.51. The summed E-state index contributed by atoms with van der Waals surface area (Å²) in [6.45, 7) is 1.74. The number of hydrogen-bond donors (Lipinski definition) is 1. The highest BCUT2D eigenvalue weighted by atomic mass is 32.2. The normalized spacial score (nSPS) is 31.0. The third-order valence-electron chi connectivity index (χ3n) is 3.26. The maximum absolute atomic E-state index is 13.8. The molecule has 17 heavy (non-hydrogen) atoms. The first-order valence-corrected chi connectivity index (χ1v) is 7.31. The van der Waals surface area contributed by atoms with Gasteiger partial charge in [0.2, 0.25) is 0 Å². The van der Waals surface area contributed by atoms with Gasteiger partial charge in [-0.1, -0.05) is 19.8 Å². The second-order valence-electron chi connectivity index (χ2n) is 4.54. The molecule has 0 amide bonds. The van der Waals surface area contributed by atoms with Gasteiger partial charge in [-0.3, -0.25) is 4.79 Å². The van der Waals surface area contributed by atoms with Crippen molar-refractivity contribution in [3.05, 3.63) is 0 Å². The molecule has 1 aliphatic heterocycles. The van der Waals surface area contributed by atoms with E-state index in [9.17, 15) is 22.0 Å². The molecule has 1 atom stereocenters. The Morgan fingerprint density at radius 2 is 2.00 bits per heavy atom. The van der Waals surface area contributed by atoms with E-state index >= 15 is 0 Å². The van der Waals surface area contributed by atoms with E-state index < -0.39 is 45.1 Å². The van der Waals surface area contributed by atoms with Crippen molar-refractivity contribution in [2.45, 2.75) is 38.5 Å². The maximum atomic E-state index is 13.8. The molecular formula is C10H16F2O4S. The number of carboxylic acid groups (broad SMARTS) is 1. The predicted octanol–water partition coefficient (Wildman–Crippen LogP) is 1.70. The molecule has 1 N–H and O–H groups in total. The van der Waals surface area contributed by atoms with Crippen molar-refractivity contribution in [3.8, 4) is 0 Å². The molecule has 1 aliphatic rings. The van der Waals surface area contributed by atoms with Gasteiger partial charge >= 0.3 is 5.97 Å². The van der Waals surface area contributed by atoms with E-state index in [1.54, 1.807) is 6.92 Å². The summed E-state index contributed by atoms with van der Waals surface area (Å²) in [6.07, 6.45) is -0.376. The molecule has 0 aliphatic carbocycles. The summed E-state index contributed by atoms with van der Waals surface area (Å²) in [4.78, 5) is 11.1. The van der Waals surface area contributed by atoms with Crippen LogP contribution in [-0.2, 0) is 14.6 Å². The van der Waals surface area contributed by atoms with Crippen LogP contribution in [-0.4, -0.2) is 36.9 Å². The number of hydrogen-bond acceptors (Lipinski definition) is 3. The molecule has 1 heterocycles. The molecule has 0 bridgehead atoms. The van der Waals surface area contributed by atoms with Gasteiger partial charge in [0, 0.05) is 6.42 Å². The number of carbonyl (C=O) groups is 1. The first-order valence-electron chi connectivity index (χ1n) is 5.48. The molecule has 1 saturated heterocycles. The molecule has 0 aromatic rings. The first-order chi connectivity index (χ1) is 7.67. The van der Waals surface area contributed by atoms with Gasteiger partial charge in [0.05, 0.1) is 11.5 Å². The molecule has 0 radical (unpaired) electrons. The van der Waals surface area contributed by atoms with Gasteiger partial charge in [-0.25, -0.2) is 17.2 Å². The SMILES string of the molecule is CCCCC1(C(=O)O)CS(=O)(=O)CCC1(F)F. The zero-order chi connectivity index (χ0) is 13.3. The average Bonchev–Trinajstić information content (AvgIpc) is 2.19. The number of carboxylic acids is 1. The second-order valence-corrected chi connectivity index (χ2v) is 6.72. The van der Waals surface area contributed by atoms with E-state index in [0.717, 1.165) is 0 Å². The van der Waals surface area contributed by atoms with Gasteiger partial charge in [0.25, 0.3) is 5.92 Å². The van der Waals surface area contributed by atoms with Crippen LogP contribution in [0.1, 0.15) is 32.6 Å². The number of sulfone groups is 1. The van der Waals surface area contributed by atoms with Crippen molar-refractivity contribution in [3.63, 3.8) is 0 Å². The highest BCUT2D eigenvalue weighted by molar-refractivity contribution is 7.91. The van der Waals surface area contributed by atoms with E-state index in [-0.39, 0.29) is 12.8 Å². The van der Waals surface area contributed by atoms with Gasteiger partial charge in [0.1, 0.15) is 5.41 Å². The van der Waals surface area contributed by atoms with Crippen molar-refractivity contribution in [1.82, 2.24) is 0 Å². The summed E-state index contributed by atoms with van der Waals surface area (Å²) in [6, 6.07) is 0. The number of unbranched alkanes of at least 4 members (excludes halogenated alkanes) is 1. The van der Waals surface area contributed by atoms with Crippen LogP contribution in [0.2, 0.25) is 0 Å². The maximum Gasteiger partial charge on any atom is 0.316 e. The van der Waals surface area contributed by atoms with Gasteiger partial charge < -0.3 is 5.11 Å². The molecular weight excluding hydrogens is 254 g/mol. The predicted molar refractivity (Wildman–Crippen MR) is 57.8 cm³/mol. The van der Waals surface area contributed by atoms with Gasteiger partial charge in [-0.15, -0.1) is 0 Å². The summed E-state index contributed by atoms with van der Waals surface area (Å²) < 4.78 is 50.4. The van der Waals surface area contributed by atoms with Crippen LogP contribution in [0, 0.1) is 5.41 Å². The van der Waals surface area contributed by atoms with Crippen LogP contribution in [0.25, 0.3) is 0 Å². The molecule has 0 aromatic heterocycles. The third-order valence-corrected chi connectivity index (χ3v) is 5.02. The van der Waals surface area contributed by atoms with Crippen molar-refractivity contribution >= 4 is 15.8 Å². The lowest BCUT2D eigenvalue weighted by atomic mass is 9.77. The number of rotatable bonds is 4. The molecule has 4 nitrogen and oxygen atoms in total. The Morgan fingerprint density at radius 3 is 2.47 bits per heavy atom. The zero-order valence-electron chi connectivity index (χ0n) is 9.58. The highest BCUT2D eigenvalue weighted by Crippen LogP contribution is 2.48. The lowest BCUT2D eigenvalue weighted by Crippen LogP contribution is -2.56. The Bertz CT molecular complexity index is 405. The lowest BCUT2D eigenvalue weighted by molar-refractivity contribution is -0.179. The fourth-order valence-electron chi connectivity index (χ4n) is 2.13. The quantitative estimate of drug-likeness (QED) is 0.844. The van der Waals surface area contributed by atoms with Crippen LogP contribution in [0.3, 0.4) is 0 Å². The molecule has 1 fully saturated rings. The molecule has 0 saturated carbocycles. The Kier molecular flexibility index (Phi) is 3.81. The number of alkyl halides is 2. The van der Waals surface area contributed by atoms with Crippen molar-refractivity contribution in [2.24, 2.45) is 5.41 Å². The van der Waals surface area contributed by atoms with Crippen LogP contribution >= 0.6 is 0 Å². The smallest absolute Gasteiger partial charge is 0.316 e. The minimum atomic E-state index is -3.70. The monoisotopic (exact) mass is 270 g/mol. The average molecular weight is 270 g/mol. The Morgan fingerprint density at radius 1 is 1.41 bits per heavy atom. The minimum absolute atomic E-state index is 0.275. The Hall–Kier alpha value is -0.720. The largest absolute Gasteiger partial charge is 0.481 e. The van der Waals surface area contributed by atoms with Crippen molar-refractivity contribution in [1.29, 1.82) is 0 Å². The van der Waals surface area contributed by atoms with Crippen LogP contribution in [0.5, 0.6) is 0 Å². The van der Waals surface area contributed by atoms with Crippen LogP contribution < -0.4 is 0 Å². The van der Waals surface area contributed by atoms with Gasteiger partial charge in [0.15, 0.2) is 9.84 Å². The molecule has 7 heteroatoms. The fourth-order valence-corrected chi connectivity index (χ4v) is 4.08. The molecule has 1 rings (SSSR count). The summed E-state index contributed by atoms with van der Waals surface area (Å²) in [5.74, 6) is -6.76. The Labute approximate surface area is 98.9 Å². The van der Waals surface area contributed by atoms with E-state index in [1.165, 1.54) is 0 Å². The lowest BCUT2D eigenvalue weighted by Gasteiger charge is -2.39. The fraction of sp³-hybridized carbons (Fsp3) is 0.900. The molecule has 0 spiro atoms. The summed E-state index contributed by atoms with van der Waals surface area (Å²) in [5, 5.41) is 9.04. The highest BCUT2D eigenvalue weighted by Gasteiger charge is 2.63. The first kappa shape index (κ1) is 14.3. The van der Waals surface area contributed by atoms with E-state index in [1.807, 2.05) is 0 Å². The molecule has 1 unspecified atom stereocenters. The van der Waals surface area contributed by atoms with E-state index in [2.05, 4.69) is 0 Å². The van der Waals surface area contributed by atoms with Crippen LogP contribution in [0.4, 0.5) is 8.78 Å². The third kappa shape index (κ3) is 2.59. The minimum Gasteiger partial charge on any atom is -0.481 e. The van der Waals surface area contributed by atoms with Crippen LogP contribution in [0.15, 0.2) is 0 Å². The van der Waals surface area contributed by atoms with Gasteiger partial charge in [-0.05, 0) is 6.42 Å². The number of aliphatic carboxylic acids is 1. The number of halogens is 2. The van der Waals surface area contributed by atoms with E-state index in [4.69, 9.17) is 5.11 Å². The zero-order valence-corrected chi connectivity index (χ0v) is 10.4. The van der Waals surface area contributed by atoms with Gasteiger partial charge in [-0.2, -0.15) is 0 Å².